The SMILES string of the molecule is O[C@H]1CCSC[C@H]1F. The smallest absolute Gasteiger partial charge is 0.135 e. The minimum Gasteiger partial charge on any atom is -0.390 e. The Morgan fingerprint density at radius 1 is 1.62 bits per heavy atom. The van der Waals surface area contributed by atoms with Crippen LogP contribution in [0.15, 0.2) is 0 Å². The largest absolute Gasteiger partial charge is 0.390 e. The zero-order chi connectivity index (χ0) is 5.98. The van der Waals surface area contributed by atoms with E-state index >= 15 is 0 Å². The molecule has 0 radical (unpaired) electrons. The molecular weight excluding hydrogens is 127 g/mol. The lowest BCUT2D eigenvalue weighted by Gasteiger charge is -2.19. The molecule has 3 heteroatoms. The van der Waals surface area contributed by atoms with Crippen molar-refractivity contribution in [2.75, 3.05) is 11.5 Å². The summed E-state index contributed by atoms with van der Waals surface area (Å²) >= 11 is 1.57. The molecule has 0 amide bonds. The molecule has 48 valence electrons. The molecule has 1 saturated heterocycles. The van der Waals surface area contributed by atoms with Crippen molar-refractivity contribution in [1.82, 2.24) is 0 Å². The Bertz CT molecular complexity index is 68.8. The topological polar surface area (TPSA) is 20.2 Å². The van der Waals surface area contributed by atoms with Gasteiger partial charge >= 0.3 is 0 Å². The zero-order valence-electron chi connectivity index (χ0n) is 4.51. The summed E-state index contributed by atoms with van der Waals surface area (Å²) in [5.41, 5.74) is 0. The monoisotopic (exact) mass is 136 g/mol. The van der Waals surface area contributed by atoms with E-state index in [1.54, 1.807) is 11.8 Å². The summed E-state index contributed by atoms with van der Waals surface area (Å²) in [5, 5.41) is 8.79. The molecule has 0 aromatic heterocycles. The normalized spacial score (nSPS) is 39.8. The van der Waals surface area contributed by atoms with Gasteiger partial charge in [0.1, 0.15) is 6.17 Å². The second kappa shape index (κ2) is 2.69. The van der Waals surface area contributed by atoms with E-state index in [2.05, 4.69) is 0 Å². The van der Waals surface area contributed by atoms with E-state index in [4.69, 9.17) is 5.11 Å². The summed E-state index contributed by atoms with van der Waals surface area (Å²) in [6.07, 6.45) is -1.05. The number of hydrogen-bond acceptors (Lipinski definition) is 2. The van der Waals surface area contributed by atoms with Crippen LogP contribution in [0.3, 0.4) is 0 Å². The fourth-order valence-corrected chi connectivity index (χ4v) is 1.71. The first-order chi connectivity index (χ1) is 3.80. The van der Waals surface area contributed by atoms with Gasteiger partial charge in [-0.15, -0.1) is 0 Å². The maximum absolute atomic E-state index is 12.3. The number of aliphatic hydroxyl groups is 1. The average molecular weight is 136 g/mol. The van der Waals surface area contributed by atoms with Gasteiger partial charge in [-0.25, -0.2) is 4.39 Å². The standard InChI is InChI=1S/C5H9FOS/c6-4-3-8-2-1-5(4)7/h4-5,7H,1-3H2/t4-,5+/m1/s1. The van der Waals surface area contributed by atoms with Gasteiger partial charge in [-0.1, -0.05) is 0 Å². The van der Waals surface area contributed by atoms with E-state index < -0.39 is 12.3 Å². The molecule has 0 aliphatic carbocycles. The number of hydrogen-bond donors (Lipinski definition) is 1. The van der Waals surface area contributed by atoms with Crippen LogP contribution in [0.1, 0.15) is 6.42 Å². The van der Waals surface area contributed by atoms with Crippen molar-refractivity contribution in [3.05, 3.63) is 0 Å². The fraction of sp³-hybridized carbons (Fsp3) is 1.00. The van der Waals surface area contributed by atoms with Gasteiger partial charge < -0.3 is 5.11 Å². The zero-order valence-corrected chi connectivity index (χ0v) is 5.33. The first kappa shape index (κ1) is 6.36. The number of aliphatic hydroxyl groups excluding tert-OH is 1. The van der Waals surface area contributed by atoms with Gasteiger partial charge in [-0.05, 0) is 12.2 Å². The molecule has 1 heterocycles. The Morgan fingerprint density at radius 2 is 2.38 bits per heavy atom. The van der Waals surface area contributed by atoms with E-state index in [1.807, 2.05) is 0 Å². The molecular formula is C5H9FOS. The maximum atomic E-state index is 12.3. The van der Waals surface area contributed by atoms with Crippen molar-refractivity contribution in [2.24, 2.45) is 0 Å². The number of thioether (sulfide) groups is 1. The summed E-state index contributed by atoms with van der Waals surface area (Å²) in [6.45, 7) is 0. The number of rotatable bonds is 0. The lowest BCUT2D eigenvalue weighted by Crippen LogP contribution is -2.28. The van der Waals surface area contributed by atoms with E-state index in [-0.39, 0.29) is 0 Å². The molecule has 1 nitrogen and oxygen atoms in total. The van der Waals surface area contributed by atoms with Crippen molar-refractivity contribution in [3.8, 4) is 0 Å². The highest BCUT2D eigenvalue weighted by Gasteiger charge is 2.21. The third kappa shape index (κ3) is 1.36. The van der Waals surface area contributed by atoms with Crippen LogP contribution in [0.4, 0.5) is 4.39 Å². The Hall–Kier alpha value is 0.240. The van der Waals surface area contributed by atoms with E-state index in [0.29, 0.717) is 12.2 Å². The van der Waals surface area contributed by atoms with Crippen LogP contribution < -0.4 is 0 Å². The summed E-state index contributed by atoms with van der Waals surface area (Å²) < 4.78 is 12.3. The van der Waals surface area contributed by atoms with Crippen molar-refractivity contribution in [2.45, 2.75) is 18.7 Å². The van der Waals surface area contributed by atoms with Crippen LogP contribution in [-0.2, 0) is 0 Å². The fourth-order valence-electron chi connectivity index (χ4n) is 0.692. The number of alkyl halides is 1. The predicted molar refractivity (Wildman–Crippen MR) is 32.8 cm³/mol. The lowest BCUT2D eigenvalue weighted by atomic mass is 10.2. The van der Waals surface area contributed by atoms with Crippen LogP contribution in [0.2, 0.25) is 0 Å². The molecule has 1 N–H and O–H groups in total. The molecule has 1 aliphatic rings. The molecule has 1 aliphatic heterocycles. The Labute approximate surface area is 52.3 Å². The summed E-state index contributed by atoms with van der Waals surface area (Å²) in [5.74, 6) is 1.38. The van der Waals surface area contributed by atoms with Crippen LogP contribution >= 0.6 is 11.8 Å². The molecule has 8 heavy (non-hydrogen) atoms. The highest BCUT2D eigenvalue weighted by Crippen LogP contribution is 2.19. The molecule has 1 rings (SSSR count). The lowest BCUT2D eigenvalue weighted by molar-refractivity contribution is 0.0848. The van der Waals surface area contributed by atoms with Crippen molar-refractivity contribution < 1.29 is 9.50 Å². The summed E-state index contributed by atoms with van der Waals surface area (Å²) in [4.78, 5) is 0. The van der Waals surface area contributed by atoms with Crippen LogP contribution in [0.5, 0.6) is 0 Å². The van der Waals surface area contributed by atoms with E-state index in [0.717, 1.165) is 5.75 Å². The molecule has 0 aromatic rings. The molecule has 0 spiro atoms. The third-order valence-corrected chi connectivity index (χ3v) is 2.33. The number of halogens is 1. The first-order valence-corrected chi connectivity index (χ1v) is 3.86. The minimum absolute atomic E-state index is 0.473. The molecule has 0 unspecified atom stereocenters. The van der Waals surface area contributed by atoms with Gasteiger partial charge in [0.15, 0.2) is 0 Å². The van der Waals surface area contributed by atoms with Crippen LogP contribution in [0, 0.1) is 0 Å². The van der Waals surface area contributed by atoms with Crippen molar-refractivity contribution >= 4 is 11.8 Å². The Balaban J connectivity index is 2.28. The van der Waals surface area contributed by atoms with Gasteiger partial charge in [0.05, 0.1) is 6.10 Å². The van der Waals surface area contributed by atoms with Gasteiger partial charge in [-0.3, -0.25) is 0 Å². The maximum Gasteiger partial charge on any atom is 0.135 e. The average Bonchev–Trinajstić information content (AvgIpc) is 1.77. The van der Waals surface area contributed by atoms with Crippen LogP contribution in [0.25, 0.3) is 0 Å². The minimum atomic E-state index is -0.978. The molecule has 1 fully saturated rings. The summed E-state index contributed by atoms with van der Waals surface area (Å²) in [6, 6.07) is 0. The second-order valence-corrected chi connectivity index (χ2v) is 3.10. The van der Waals surface area contributed by atoms with E-state index in [9.17, 15) is 4.39 Å². The van der Waals surface area contributed by atoms with Gasteiger partial charge in [0.2, 0.25) is 0 Å². The Kier molecular flexibility index (Phi) is 2.14. The van der Waals surface area contributed by atoms with Gasteiger partial charge in [0, 0.05) is 5.75 Å². The van der Waals surface area contributed by atoms with Crippen LogP contribution in [-0.4, -0.2) is 28.9 Å². The second-order valence-electron chi connectivity index (χ2n) is 1.95. The van der Waals surface area contributed by atoms with E-state index in [1.165, 1.54) is 0 Å². The molecule has 0 saturated carbocycles. The molecule has 0 aromatic carbocycles. The highest BCUT2D eigenvalue weighted by atomic mass is 32.2. The third-order valence-electron chi connectivity index (χ3n) is 1.25. The summed E-state index contributed by atoms with van der Waals surface area (Å²) in [7, 11) is 0. The predicted octanol–water partition coefficient (Wildman–Crippen LogP) is 0.822. The molecule has 0 bridgehead atoms. The quantitative estimate of drug-likeness (QED) is 0.532. The van der Waals surface area contributed by atoms with Crippen molar-refractivity contribution in [1.29, 1.82) is 0 Å². The Morgan fingerprint density at radius 3 is 2.75 bits per heavy atom. The molecule has 2 atom stereocenters. The highest BCUT2D eigenvalue weighted by molar-refractivity contribution is 7.99. The van der Waals surface area contributed by atoms with Gasteiger partial charge in [-0.2, -0.15) is 11.8 Å². The first-order valence-electron chi connectivity index (χ1n) is 2.70. The van der Waals surface area contributed by atoms with Gasteiger partial charge in [0.25, 0.3) is 0 Å². The van der Waals surface area contributed by atoms with Crippen molar-refractivity contribution in [3.63, 3.8) is 0 Å².